The fraction of sp³-hybridized carbons (Fsp3) is 0.182. The molecule has 1 aromatic carbocycles. The predicted octanol–water partition coefficient (Wildman–Crippen LogP) is 2.99. The minimum atomic E-state index is -0.326. The summed E-state index contributed by atoms with van der Waals surface area (Å²) in [5.41, 5.74) is 0.697. The number of aryl methyl sites for hydroxylation is 1. The average Bonchev–Trinajstić information content (AvgIpc) is 2.81. The molecule has 5 nitrogen and oxygen atoms in total. The lowest BCUT2D eigenvalue weighted by Gasteiger charge is -2.05. The first-order valence-electron chi connectivity index (χ1n) is 5.28. The van der Waals surface area contributed by atoms with Crippen molar-refractivity contribution in [2.75, 3.05) is 5.32 Å². The molecule has 2 rings (SSSR count). The maximum Gasteiger partial charge on any atom is 0.295 e. The molecule has 0 atom stereocenters. The number of carbonyl (C=O) groups excluding carboxylic acids is 1. The molecule has 18 heavy (non-hydrogen) atoms. The van der Waals surface area contributed by atoms with Crippen LogP contribution in [0.1, 0.15) is 23.4 Å². The van der Waals surface area contributed by atoms with E-state index in [0.29, 0.717) is 17.9 Å². The van der Waals surface area contributed by atoms with E-state index < -0.39 is 0 Å². The molecular formula is C11H10BrIN4O. The molecule has 0 aliphatic heterocycles. The van der Waals surface area contributed by atoms with Crippen molar-refractivity contribution < 1.29 is 4.79 Å². The maximum absolute atomic E-state index is 11.9. The Morgan fingerprint density at radius 1 is 1.56 bits per heavy atom. The maximum atomic E-state index is 11.9. The van der Waals surface area contributed by atoms with Crippen molar-refractivity contribution in [1.29, 1.82) is 0 Å². The van der Waals surface area contributed by atoms with Gasteiger partial charge >= 0.3 is 0 Å². The van der Waals surface area contributed by atoms with Crippen LogP contribution in [0.4, 0.5) is 5.69 Å². The molecule has 2 N–H and O–H groups in total. The molecule has 1 heterocycles. The highest BCUT2D eigenvalue weighted by Crippen LogP contribution is 2.24. The van der Waals surface area contributed by atoms with E-state index in [-0.39, 0.29) is 11.7 Å². The molecule has 0 saturated heterocycles. The summed E-state index contributed by atoms with van der Waals surface area (Å²) in [6.45, 7) is 1.94. The SMILES string of the molecule is CCc1nc(C(=O)Nc2ccc(I)cc2Br)n[nH]1. The van der Waals surface area contributed by atoms with Gasteiger partial charge in [-0.05, 0) is 56.7 Å². The second-order valence-electron chi connectivity index (χ2n) is 3.54. The summed E-state index contributed by atoms with van der Waals surface area (Å²) < 4.78 is 1.91. The molecule has 2 aromatic rings. The molecule has 94 valence electrons. The van der Waals surface area contributed by atoms with E-state index in [9.17, 15) is 4.79 Å². The van der Waals surface area contributed by atoms with Crippen molar-refractivity contribution in [2.24, 2.45) is 0 Å². The number of nitrogens with one attached hydrogen (secondary N) is 2. The highest BCUT2D eigenvalue weighted by Gasteiger charge is 2.13. The molecule has 0 aliphatic rings. The van der Waals surface area contributed by atoms with Crippen molar-refractivity contribution >= 4 is 50.1 Å². The summed E-state index contributed by atoms with van der Waals surface area (Å²) in [7, 11) is 0. The fourth-order valence-electron chi connectivity index (χ4n) is 1.32. The highest BCUT2D eigenvalue weighted by atomic mass is 127. The standard InChI is InChI=1S/C11H10BrIN4O/c1-2-9-15-10(17-16-9)11(18)14-8-4-3-6(13)5-7(8)12/h3-5H,2H2,1H3,(H,14,18)(H,15,16,17). The molecule has 7 heteroatoms. The summed E-state index contributed by atoms with van der Waals surface area (Å²) in [6, 6.07) is 5.67. The van der Waals surface area contributed by atoms with Gasteiger partial charge < -0.3 is 5.32 Å². The van der Waals surface area contributed by atoms with E-state index in [1.807, 2.05) is 25.1 Å². The molecule has 0 spiro atoms. The number of rotatable bonds is 3. The van der Waals surface area contributed by atoms with Gasteiger partial charge in [-0.15, -0.1) is 5.10 Å². The zero-order chi connectivity index (χ0) is 13.1. The van der Waals surface area contributed by atoms with Gasteiger partial charge in [-0.25, -0.2) is 4.98 Å². The van der Waals surface area contributed by atoms with E-state index in [1.54, 1.807) is 0 Å². The van der Waals surface area contributed by atoms with E-state index >= 15 is 0 Å². The van der Waals surface area contributed by atoms with Gasteiger partial charge in [-0.1, -0.05) is 6.92 Å². The Balaban J connectivity index is 2.16. The first-order chi connectivity index (χ1) is 8.60. The van der Waals surface area contributed by atoms with Crippen molar-refractivity contribution in [2.45, 2.75) is 13.3 Å². The number of aromatic amines is 1. The van der Waals surface area contributed by atoms with Crippen LogP contribution < -0.4 is 5.32 Å². The minimum absolute atomic E-state index is 0.150. The minimum Gasteiger partial charge on any atom is -0.318 e. The van der Waals surface area contributed by atoms with E-state index in [4.69, 9.17) is 0 Å². The van der Waals surface area contributed by atoms with Gasteiger partial charge in [0.05, 0.1) is 5.69 Å². The number of anilines is 1. The smallest absolute Gasteiger partial charge is 0.295 e. The van der Waals surface area contributed by atoms with Gasteiger partial charge in [0.15, 0.2) is 0 Å². The average molecular weight is 421 g/mol. The van der Waals surface area contributed by atoms with Crippen LogP contribution in [-0.4, -0.2) is 21.1 Å². The predicted molar refractivity (Wildman–Crippen MR) is 80.6 cm³/mol. The Bertz CT molecular complexity index is 584. The Kier molecular flexibility index (Phi) is 4.33. The van der Waals surface area contributed by atoms with E-state index in [2.05, 4.69) is 59.0 Å². The van der Waals surface area contributed by atoms with Crippen molar-refractivity contribution in [3.63, 3.8) is 0 Å². The largest absolute Gasteiger partial charge is 0.318 e. The quantitative estimate of drug-likeness (QED) is 0.750. The van der Waals surface area contributed by atoms with Gasteiger partial charge in [-0.3, -0.25) is 9.89 Å². The normalized spacial score (nSPS) is 10.4. The molecule has 0 unspecified atom stereocenters. The van der Waals surface area contributed by atoms with Crippen LogP contribution in [-0.2, 0) is 6.42 Å². The first-order valence-corrected chi connectivity index (χ1v) is 7.15. The molecule has 1 aromatic heterocycles. The number of amides is 1. The summed E-state index contributed by atoms with van der Waals surface area (Å²) in [4.78, 5) is 16.0. The summed E-state index contributed by atoms with van der Waals surface area (Å²) >= 11 is 5.60. The van der Waals surface area contributed by atoms with E-state index in [1.165, 1.54) is 0 Å². The second-order valence-corrected chi connectivity index (χ2v) is 5.64. The van der Waals surface area contributed by atoms with Gasteiger partial charge in [0.25, 0.3) is 5.91 Å². The summed E-state index contributed by atoms with van der Waals surface area (Å²) in [5, 5.41) is 9.33. The van der Waals surface area contributed by atoms with Gasteiger partial charge in [0, 0.05) is 14.5 Å². The van der Waals surface area contributed by atoms with Gasteiger partial charge in [-0.2, -0.15) is 0 Å². The van der Waals surface area contributed by atoms with Gasteiger partial charge in [0.1, 0.15) is 5.82 Å². The fourth-order valence-corrected chi connectivity index (χ4v) is 2.72. The zero-order valence-electron chi connectivity index (χ0n) is 9.50. The Morgan fingerprint density at radius 2 is 2.33 bits per heavy atom. The van der Waals surface area contributed by atoms with Gasteiger partial charge in [0.2, 0.25) is 5.82 Å². The van der Waals surface area contributed by atoms with Crippen LogP contribution in [0.2, 0.25) is 0 Å². The Hall–Kier alpha value is -0.960. The van der Waals surface area contributed by atoms with Crippen LogP contribution in [0.5, 0.6) is 0 Å². The second kappa shape index (κ2) is 5.79. The van der Waals surface area contributed by atoms with Crippen molar-refractivity contribution in [1.82, 2.24) is 15.2 Å². The van der Waals surface area contributed by atoms with Crippen LogP contribution in [0.15, 0.2) is 22.7 Å². The van der Waals surface area contributed by atoms with Crippen LogP contribution in [0, 0.1) is 3.57 Å². The lowest BCUT2D eigenvalue weighted by Crippen LogP contribution is -2.14. The number of halogens is 2. The molecule has 0 fully saturated rings. The number of nitrogens with zero attached hydrogens (tertiary/aromatic N) is 2. The van der Waals surface area contributed by atoms with Crippen LogP contribution in [0.3, 0.4) is 0 Å². The number of carbonyl (C=O) groups is 1. The van der Waals surface area contributed by atoms with E-state index in [0.717, 1.165) is 8.04 Å². The number of H-pyrrole nitrogens is 1. The number of hydrogen-bond donors (Lipinski definition) is 2. The zero-order valence-corrected chi connectivity index (χ0v) is 13.2. The molecular weight excluding hydrogens is 411 g/mol. The highest BCUT2D eigenvalue weighted by molar-refractivity contribution is 14.1. The summed E-state index contributed by atoms with van der Waals surface area (Å²) in [5.74, 6) is 0.520. The molecule has 0 aliphatic carbocycles. The topological polar surface area (TPSA) is 70.7 Å². The van der Waals surface area contributed by atoms with Crippen LogP contribution in [0.25, 0.3) is 0 Å². The summed E-state index contributed by atoms with van der Waals surface area (Å²) in [6.07, 6.45) is 0.716. The lowest BCUT2D eigenvalue weighted by atomic mass is 10.3. The number of hydrogen-bond acceptors (Lipinski definition) is 3. The van der Waals surface area contributed by atoms with Crippen molar-refractivity contribution in [3.8, 4) is 0 Å². The molecule has 0 saturated carbocycles. The third-order valence-electron chi connectivity index (χ3n) is 2.25. The Morgan fingerprint density at radius 3 is 2.94 bits per heavy atom. The third-order valence-corrected chi connectivity index (χ3v) is 3.58. The Labute approximate surface area is 126 Å². The molecule has 0 radical (unpaired) electrons. The van der Waals surface area contributed by atoms with Crippen molar-refractivity contribution in [3.05, 3.63) is 37.9 Å². The molecule has 0 bridgehead atoms. The monoisotopic (exact) mass is 420 g/mol. The third kappa shape index (κ3) is 3.08. The van der Waals surface area contributed by atoms with Crippen LogP contribution >= 0.6 is 38.5 Å². The molecule has 1 amide bonds. The number of aromatic nitrogens is 3. The lowest BCUT2D eigenvalue weighted by molar-refractivity contribution is 0.101. The first kappa shape index (κ1) is 13.5. The number of benzene rings is 1.